The summed E-state index contributed by atoms with van der Waals surface area (Å²) in [5.41, 5.74) is -0.666. The van der Waals surface area contributed by atoms with E-state index < -0.39 is 11.9 Å². The first kappa shape index (κ1) is 14.0. The van der Waals surface area contributed by atoms with Crippen molar-refractivity contribution in [1.82, 2.24) is 20.1 Å². The second kappa shape index (κ2) is 5.10. The minimum absolute atomic E-state index is 0.0107. The number of halogens is 3. The van der Waals surface area contributed by atoms with Crippen LogP contribution in [0.3, 0.4) is 0 Å². The van der Waals surface area contributed by atoms with Crippen molar-refractivity contribution in [3.63, 3.8) is 0 Å². The van der Waals surface area contributed by atoms with E-state index in [1.54, 1.807) is 6.07 Å². The zero-order valence-corrected chi connectivity index (χ0v) is 10.8. The number of hydrogen-bond acceptors (Lipinski definition) is 5. The molecular formula is C13H7F3N4O2. The van der Waals surface area contributed by atoms with E-state index in [9.17, 15) is 18.0 Å². The second-order valence-corrected chi connectivity index (χ2v) is 4.29. The third-order valence-corrected chi connectivity index (χ3v) is 2.76. The first-order chi connectivity index (χ1) is 10.4. The quantitative estimate of drug-likeness (QED) is 0.786. The van der Waals surface area contributed by atoms with Crippen LogP contribution in [0.15, 0.2) is 46.0 Å². The minimum atomic E-state index is -4.51. The molecular weight excluding hydrogens is 301 g/mol. The first-order valence-electron chi connectivity index (χ1n) is 6.00. The molecule has 6 nitrogen and oxygen atoms in total. The maximum absolute atomic E-state index is 12.4. The molecule has 0 atom stereocenters. The number of nitrogens with one attached hydrogen (secondary N) is 1. The van der Waals surface area contributed by atoms with Gasteiger partial charge in [0.1, 0.15) is 5.69 Å². The van der Waals surface area contributed by atoms with E-state index in [0.29, 0.717) is 5.56 Å². The van der Waals surface area contributed by atoms with Gasteiger partial charge in [0.2, 0.25) is 11.4 Å². The lowest BCUT2D eigenvalue weighted by atomic mass is 10.2. The van der Waals surface area contributed by atoms with Crippen molar-refractivity contribution in [3.8, 4) is 22.8 Å². The van der Waals surface area contributed by atoms with Crippen LogP contribution in [0, 0.1) is 0 Å². The van der Waals surface area contributed by atoms with Crippen LogP contribution in [-0.4, -0.2) is 20.1 Å². The molecule has 0 fully saturated rings. The van der Waals surface area contributed by atoms with Crippen molar-refractivity contribution < 1.29 is 17.7 Å². The summed E-state index contributed by atoms with van der Waals surface area (Å²) in [6.45, 7) is 0. The molecule has 0 aliphatic rings. The molecule has 9 heteroatoms. The average Bonchev–Trinajstić information content (AvgIpc) is 2.96. The lowest BCUT2D eigenvalue weighted by Gasteiger charge is -2.04. The highest BCUT2D eigenvalue weighted by Crippen LogP contribution is 2.29. The van der Waals surface area contributed by atoms with Crippen molar-refractivity contribution >= 4 is 0 Å². The molecule has 22 heavy (non-hydrogen) atoms. The Hall–Kier alpha value is -2.97. The van der Waals surface area contributed by atoms with E-state index in [2.05, 4.69) is 20.1 Å². The predicted octanol–water partition coefficient (Wildman–Crippen LogP) is 2.51. The molecule has 112 valence electrons. The number of H-pyrrole nitrogens is 1. The van der Waals surface area contributed by atoms with Crippen LogP contribution < -0.4 is 5.56 Å². The molecule has 3 aromatic rings. The molecule has 3 aromatic heterocycles. The van der Waals surface area contributed by atoms with Gasteiger partial charge in [-0.05, 0) is 18.2 Å². The topological polar surface area (TPSA) is 84.7 Å². The Morgan fingerprint density at radius 3 is 2.59 bits per heavy atom. The molecule has 3 heterocycles. The van der Waals surface area contributed by atoms with E-state index in [-0.39, 0.29) is 22.8 Å². The normalized spacial score (nSPS) is 11.6. The molecule has 0 aliphatic heterocycles. The standard InChI is InChI=1S/C13H7F3N4O2/c14-13(15,16)9-2-1-8(6-18-9)12-19-11(20-22-12)7-3-4-17-10(21)5-7/h1-6H,(H,17,21). The maximum Gasteiger partial charge on any atom is 0.433 e. The zero-order chi connectivity index (χ0) is 15.7. The Kier molecular flexibility index (Phi) is 3.24. The van der Waals surface area contributed by atoms with Crippen LogP contribution in [0.2, 0.25) is 0 Å². The van der Waals surface area contributed by atoms with Gasteiger partial charge in [-0.3, -0.25) is 9.78 Å². The van der Waals surface area contributed by atoms with Crippen LogP contribution >= 0.6 is 0 Å². The fourth-order valence-corrected chi connectivity index (χ4v) is 1.73. The summed E-state index contributed by atoms with van der Waals surface area (Å²) in [6.07, 6.45) is -2.09. The summed E-state index contributed by atoms with van der Waals surface area (Å²) in [5.74, 6) is 0.164. The third kappa shape index (κ3) is 2.73. The Morgan fingerprint density at radius 1 is 1.14 bits per heavy atom. The minimum Gasteiger partial charge on any atom is -0.334 e. The van der Waals surface area contributed by atoms with Crippen LogP contribution in [0.1, 0.15) is 5.69 Å². The number of aromatic amines is 1. The summed E-state index contributed by atoms with van der Waals surface area (Å²) >= 11 is 0. The van der Waals surface area contributed by atoms with Gasteiger partial charge in [0, 0.05) is 24.0 Å². The highest BCUT2D eigenvalue weighted by molar-refractivity contribution is 5.58. The highest BCUT2D eigenvalue weighted by Gasteiger charge is 2.32. The van der Waals surface area contributed by atoms with Crippen LogP contribution in [0.25, 0.3) is 22.8 Å². The number of nitrogens with zero attached hydrogens (tertiary/aromatic N) is 3. The molecule has 0 amide bonds. The largest absolute Gasteiger partial charge is 0.433 e. The van der Waals surface area contributed by atoms with Gasteiger partial charge < -0.3 is 9.51 Å². The summed E-state index contributed by atoms with van der Waals surface area (Å²) in [4.78, 5) is 21.0. The fraction of sp³-hybridized carbons (Fsp3) is 0.0769. The van der Waals surface area contributed by atoms with E-state index in [1.807, 2.05) is 0 Å². The van der Waals surface area contributed by atoms with Gasteiger partial charge in [-0.1, -0.05) is 5.16 Å². The Morgan fingerprint density at radius 2 is 1.95 bits per heavy atom. The van der Waals surface area contributed by atoms with Crippen molar-refractivity contribution in [3.05, 3.63) is 52.7 Å². The van der Waals surface area contributed by atoms with Crippen LogP contribution in [0.5, 0.6) is 0 Å². The van der Waals surface area contributed by atoms with Crippen molar-refractivity contribution in [2.75, 3.05) is 0 Å². The summed E-state index contributed by atoms with van der Waals surface area (Å²) in [5, 5.41) is 3.69. The van der Waals surface area contributed by atoms with E-state index in [0.717, 1.165) is 12.3 Å². The molecule has 3 rings (SSSR count). The van der Waals surface area contributed by atoms with E-state index in [1.165, 1.54) is 18.3 Å². The number of aromatic nitrogens is 4. The molecule has 1 N–H and O–H groups in total. The van der Waals surface area contributed by atoms with Gasteiger partial charge in [0.15, 0.2) is 0 Å². The van der Waals surface area contributed by atoms with Gasteiger partial charge in [0.25, 0.3) is 5.89 Å². The maximum atomic E-state index is 12.4. The van der Waals surface area contributed by atoms with Gasteiger partial charge in [0.05, 0.1) is 5.56 Å². The summed E-state index contributed by atoms with van der Waals surface area (Å²) in [6, 6.07) is 4.86. The lowest BCUT2D eigenvalue weighted by molar-refractivity contribution is -0.141. The summed E-state index contributed by atoms with van der Waals surface area (Å²) < 4.78 is 42.3. The number of hydrogen-bond donors (Lipinski definition) is 1. The van der Waals surface area contributed by atoms with Crippen LogP contribution in [-0.2, 0) is 6.18 Å². The molecule has 0 saturated heterocycles. The van der Waals surface area contributed by atoms with E-state index in [4.69, 9.17) is 4.52 Å². The van der Waals surface area contributed by atoms with Gasteiger partial charge in [-0.2, -0.15) is 18.2 Å². The molecule has 0 bridgehead atoms. The molecule has 0 aliphatic carbocycles. The Labute approximate surface area is 120 Å². The molecule has 0 aromatic carbocycles. The lowest BCUT2D eigenvalue weighted by Crippen LogP contribution is -2.07. The zero-order valence-electron chi connectivity index (χ0n) is 10.8. The van der Waals surface area contributed by atoms with Crippen molar-refractivity contribution in [1.29, 1.82) is 0 Å². The van der Waals surface area contributed by atoms with Crippen LogP contribution in [0.4, 0.5) is 13.2 Å². The van der Waals surface area contributed by atoms with E-state index >= 15 is 0 Å². The molecule has 0 saturated carbocycles. The number of rotatable bonds is 2. The highest BCUT2D eigenvalue weighted by atomic mass is 19.4. The SMILES string of the molecule is O=c1cc(-c2noc(-c3ccc(C(F)(F)F)nc3)n2)cc[nH]1. The van der Waals surface area contributed by atoms with Gasteiger partial charge in [-0.15, -0.1) is 0 Å². The molecule has 0 spiro atoms. The Balaban J connectivity index is 1.92. The van der Waals surface area contributed by atoms with Crippen molar-refractivity contribution in [2.45, 2.75) is 6.18 Å². The number of alkyl halides is 3. The Bertz CT molecular complexity index is 852. The average molecular weight is 308 g/mol. The first-order valence-corrected chi connectivity index (χ1v) is 6.00. The number of pyridine rings is 2. The van der Waals surface area contributed by atoms with Crippen molar-refractivity contribution in [2.24, 2.45) is 0 Å². The molecule has 0 unspecified atom stereocenters. The second-order valence-electron chi connectivity index (χ2n) is 4.29. The van der Waals surface area contributed by atoms with Gasteiger partial charge in [-0.25, -0.2) is 0 Å². The summed E-state index contributed by atoms with van der Waals surface area (Å²) in [7, 11) is 0. The monoisotopic (exact) mass is 308 g/mol. The predicted molar refractivity (Wildman–Crippen MR) is 68.6 cm³/mol. The third-order valence-electron chi connectivity index (χ3n) is 2.76. The smallest absolute Gasteiger partial charge is 0.334 e. The van der Waals surface area contributed by atoms with Gasteiger partial charge >= 0.3 is 6.18 Å². The molecule has 0 radical (unpaired) electrons. The fourth-order valence-electron chi connectivity index (χ4n) is 1.73.